The third kappa shape index (κ3) is 7.58. The van der Waals surface area contributed by atoms with Gasteiger partial charge in [-0.2, -0.15) is 5.26 Å². The molecule has 3 aliphatic heterocycles. The third-order valence-corrected chi connectivity index (χ3v) is 13.2. The van der Waals surface area contributed by atoms with Crippen molar-refractivity contribution in [3.05, 3.63) is 108 Å². The Balaban J connectivity index is 1.37. The zero-order chi connectivity index (χ0) is 40.3. The standard InChI is InChI=1S/C43H52N7O6P/c1-28(2)50(29(3)4)57(54-23-11-22-44)56-38-36-30(5)24-42(38,55-41(36)49-27-48-40-37(39(49)45)46-26-47-40)25-53-43(31-12-9-8-10-13-31,32-14-18-34(51-6)19-15-32)33-16-20-35(52-7)21-17-33/h8-10,12-21,26-30,36,38,41H,11,23-25,45H2,1-7H3/t30-,36-,38+,41-,42-,57+/m1/s1. The first kappa shape index (κ1) is 40.5. The lowest BCUT2D eigenvalue weighted by Crippen LogP contribution is -2.47. The van der Waals surface area contributed by atoms with Gasteiger partial charge in [0.15, 0.2) is 5.82 Å². The number of ether oxygens (including phenoxy) is 4. The number of methoxy groups -OCH3 is 2. The van der Waals surface area contributed by atoms with E-state index in [0.717, 1.165) is 28.2 Å². The second kappa shape index (κ2) is 17.0. The predicted molar refractivity (Wildman–Crippen MR) is 217 cm³/mol. The second-order valence-electron chi connectivity index (χ2n) is 15.3. The molecule has 0 unspecified atom stereocenters. The van der Waals surface area contributed by atoms with Crippen LogP contribution in [0.15, 0.2) is 91.5 Å². The molecule has 0 spiro atoms. The summed E-state index contributed by atoms with van der Waals surface area (Å²) in [7, 11) is 1.67. The Morgan fingerprint density at radius 1 is 0.930 bits per heavy atom. The minimum Gasteiger partial charge on any atom is -0.497 e. The zero-order valence-electron chi connectivity index (χ0n) is 33.6. The molecular formula is C43H52N7O6P. The predicted octanol–water partition coefficient (Wildman–Crippen LogP) is 7.97. The lowest BCUT2D eigenvalue weighted by Gasteiger charge is -2.42. The van der Waals surface area contributed by atoms with Crippen molar-refractivity contribution in [2.24, 2.45) is 11.8 Å². The summed E-state index contributed by atoms with van der Waals surface area (Å²) in [5.41, 5.74) is 8.00. The lowest BCUT2D eigenvalue weighted by molar-refractivity contribution is -0.173. The van der Waals surface area contributed by atoms with Crippen molar-refractivity contribution < 1.29 is 28.0 Å². The largest absolute Gasteiger partial charge is 0.497 e. The molecule has 0 amide bonds. The highest BCUT2D eigenvalue weighted by Gasteiger charge is 2.66. The van der Waals surface area contributed by atoms with E-state index in [1.807, 2.05) is 71.3 Å². The van der Waals surface area contributed by atoms with Crippen LogP contribution in [0.2, 0.25) is 0 Å². The Bertz CT molecular complexity index is 2040. The van der Waals surface area contributed by atoms with Gasteiger partial charge >= 0.3 is 0 Å². The number of anilines is 1. The molecule has 300 valence electrons. The first-order valence-corrected chi connectivity index (χ1v) is 20.5. The Hall–Kier alpha value is -4.67. The zero-order valence-corrected chi connectivity index (χ0v) is 34.5. The van der Waals surface area contributed by atoms with Gasteiger partial charge in [-0.1, -0.05) is 61.5 Å². The smallest absolute Gasteiger partial charge is 0.259 e. The fourth-order valence-corrected chi connectivity index (χ4v) is 10.5. The maximum absolute atomic E-state index is 9.47. The maximum atomic E-state index is 9.47. The molecule has 4 aliphatic rings. The summed E-state index contributed by atoms with van der Waals surface area (Å²) in [5, 5.41) is 9.47. The average Bonchev–Trinajstić information content (AvgIpc) is 3.89. The van der Waals surface area contributed by atoms with Gasteiger partial charge in [-0.3, -0.25) is 4.57 Å². The van der Waals surface area contributed by atoms with Crippen LogP contribution in [0.25, 0.3) is 11.5 Å². The fourth-order valence-electron chi connectivity index (χ4n) is 8.63. The molecule has 14 heteroatoms. The summed E-state index contributed by atoms with van der Waals surface area (Å²) in [5.74, 6) is 2.28. The first-order chi connectivity index (χ1) is 27.6. The number of nitrogens with two attached hydrogens (primary N) is 1. The molecule has 1 aliphatic carbocycles. The van der Waals surface area contributed by atoms with E-state index in [0.29, 0.717) is 23.8 Å². The van der Waals surface area contributed by atoms with Crippen LogP contribution in [0.4, 0.5) is 5.82 Å². The van der Waals surface area contributed by atoms with Crippen molar-refractivity contribution >= 4 is 14.3 Å². The van der Waals surface area contributed by atoms with E-state index in [-0.39, 0.29) is 43.6 Å². The molecule has 2 N–H and O–H groups in total. The van der Waals surface area contributed by atoms with E-state index in [2.05, 4.69) is 72.4 Å². The number of nitrogens with zero attached hydrogens (tertiary/aromatic N) is 6. The highest BCUT2D eigenvalue weighted by atomic mass is 31.2. The summed E-state index contributed by atoms with van der Waals surface area (Å²) in [4.78, 5) is 13.3. The number of nitriles is 1. The molecule has 57 heavy (non-hydrogen) atoms. The van der Waals surface area contributed by atoms with Gasteiger partial charge in [0.05, 0.1) is 39.9 Å². The van der Waals surface area contributed by atoms with E-state index in [1.54, 1.807) is 20.5 Å². The number of aromatic nitrogens is 4. The highest BCUT2D eigenvalue weighted by Crippen LogP contribution is 2.62. The molecule has 7 rings (SSSR count). The van der Waals surface area contributed by atoms with Crippen molar-refractivity contribution in [1.82, 2.24) is 24.2 Å². The van der Waals surface area contributed by atoms with Gasteiger partial charge in [-0.25, -0.2) is 19.6 Å². The van der Waals surface area contributed by atoms with Crippen LogP contribution < -0.4 is 15.2 Å². The van der Waals surface area contributed by atoms with Crippen LogP contribution in [0, 0.1) is 23.2 Å². The molecule has 2 bridgehead atoms. The number of hydrogen-bond acceptors (Lipinski definition) is 12. The van der Waals surface area contributed by atoms with Crippen LogP contribution in [0.5, 0.6) is 11.5 Å². The molecule has 3 aromatic rings. The number of hydrogen-bond donors (Lipinski definition) is 1. The average molecular weight is 794 g/mol. The summed E-state index contributed by atoms with van der Waals surface area (Å²) in [6.45, 7) is 11.1. The van der Waals surface area contributed by atoms with Crippen molar-refractivity contribution in [3.63, 3.8) is 0 Å². The number of benzene rings is 3. The number of rotatable bonds is 17. The number of imidazole rings is 1. The van der Waals surface area contributed by atoms with E-state index >= 15 is 0 Å². The van der Waals surface area contributed by atoms with E-state index in [9.17, 15) is 5.26 Å². The Kier molecular flexibility index (Phi) is 12.1. The van der Waals surface area contributed by atoms with E-state index in [4.69, 9.17) is 33.7 Å². The van der Waals surface area contributed by atoms with Crippen molar-refractivity contribution in [1.29, 1.82) is 5.26 Å². The maximum Gasteiger partial charge on any atom is 0.259 e. The van der Waals surface area contributed by atoms with Crippen LogP contribution in [-0.2, 0) is 24.1 Å². The quantitative estimate of drug-likeness (QED) is 0.0552. The van der Waals surface area contributed by atoms with Crippen molar-refractivity contribution in [3.8, 4) is 29.1 Å². The Morgan fingerprint density at radius 2 is 1.54 bits per heavy atom. The van der Waals surface area contributed by atoms with E-state index < -0.39 is 32.1 Å². The molecule has 1 saturated heterocycles. The minimum absolute atomic E-state index is 0.0991. The summed E-state index contributed by atoms with van der Waals surface area (Å²) >= 11 is 0. The second-order valence-corrected chi connectivity index (χ2v) is 16.7. The fraction of sp³-hybridized carbons (Fsp3) is 0.442. The van der Waals surface area contributed by atoms with Crippen molar-refractivity contribution in [2.45, 2.75) is 83.1 Å². The normalized spacial score (nSPS) is 22.4. The lowest BCUT2D eigenvalue weighted by atomic mass is 9.79. The highest BCUT2D eigenvalue weighted by molar-refractivity contribution is 7.44. The van der Waals surface area contributed by atoms with Crippen molar-refractivity contribution in [2.75, 3.05) is 33.2 Å². The Labute approximate surface area is 336 Å². The molecule has 3 heterocycles. The van der Waals surface area contributed by atoms with Gasteiger partial charge in [0.2, 0.25) is 0 Å². The van der Waals surface area contributed by atoms with Gasteiger partial charge in [-0.15, -0.1) is 0 Å². The minimum atomic E-state index is -1.65. The molecule has 0 aromatic heterocycles. The van der Waals surface area contributed by atoms with Gasteiger partial charge in [0, 0.05) is 18.0 Å². The molecule has 3 aromatic carbocycles. The van der Waals surface area contributed by atoms with Crippen LogP contribution in [0.3, 0.4) is 0 Å². The number of nitrogen functional groups attached to an aromatic ring is 1. The summed E-state index contributed by atoms with van der Waals surface area (Å²) in [6, 6.07) is 28.6. The topological polar surface area (TPSA) is 152 Å². The molecule has 0 radical (unpaired) electrons. The van der Waals surface area contributed by atoms with Gasteiger partial charge < -0.3 is 33.7 Å². The SMILES string of the molecule is COc1ccc(C(OC[C@@]23C[C@@H](C)[C@@H]([C@H](n4cnc5ncnc-5c4N)O2)[C@@H]3O[P@](OCCC#N)N(C(C)C)C(C)C)(c2ccccc2)c2ccc(OC)cc2)cc1. The Morgan fingerprint density at radius 3 is 2.12 bits per heavy atom. The summed E-state index contributed by atoms with van der Waals surface area (Å²) < 4.78 is 44.0. The van der Waals surface area contributed by atoms with Crippen LogP contribution in [-0.4, -0.2) is 75.4 Å². The first-order valence-electron chi connectivity index (χ1n) is 19.4. The molecular weight excluding hydrogens is 741 g/mol. The van der Waals surface area contributed by atoms with Gasteiger partial charge in [0.25, 0.3) is 8.53 Å². The summed E-state index contributed by atoms with van der Waals surface area (Å²) in [6.07, 6.45) is 2.97. The molecule has 13 nitrogen and oxygen atoms in total. The third-order valence-electron chi connectivity index (χ3n) is 11.1. The molecule has 1 saturated carbocycles. The van der Waals surface area contributed by atoms with E-state index in [1.165, 1.54) is 6.33 Å². The van der Waals surface area contributed by atoms with Crippen LogP contribution >= 0.6 is 8.53 Å². The van der Waals surface area contributed by atoms with Gasteiger partial charge in [0.1, 0.15) is 59.2 Å². The van der Waals surface area contributed by atoms with Crippen LogP contribution in [0.1, 0.15) is 70.4 Å². The molecule has 6 atom stereocenters. The van der Waals surface area contributed by atoms with Gasteiger partial charge in [-0.05, 0) is 81.0 Å². The number of fused-ring (bicyclic) bond motifs is 3. The monoisotopic (exact) mass is 793 g/mol. The molecule has 2 fully saturated rings.